The van der Waals surface area contributed by atoms with E-state index in [9.17, 15) is 5.11 Å². The number of benzene rings is 3. The average Bonchev–Trinajstić information content (AvgIpc) is 3.54. The minimum Gasteiger partial charge on any atom is -0.497 e. The van der Waals surface area contributed by atoms with Crippen LogP contribution in [0.5, 0.6) is 5.75 Å². The molecule has 0 bridgehead atoms. The number of ether oxygens (including phenoxy) is 1. The Morgan fingerprint density at radius 3 is 2.39 bits per heavy atom. The van der Waals surface area contributed by atoms with E-state index in [2.05, 4.69) is 71.6 Å². The molecule has 0 aliphatic carbocycles. The summed E-state index contributed by atoms with van der Waals surface area (Å²) < 4.78 is 7.80. The monoisotopic (exact) mass is 513 g/mol. The van der Waals surface area contributed by atoms with Crippen molar-refractivity contribution < 1.29 is 9.84 Å². The molecule has 3 heterocycles. The van der Waals surface area contributed by atoms with Crippen molar-refractivity contribution in [3.05, 3.63) is 99.7 Å². The van der Waals surface area contributed by atoms with Gasteiger partial charge in [-0.25, -0.2) is 0 Å². The number of rotatable bonds is 7. The molecule has 184 valence electrons. The van der Waals surface area contributed by atoms with Crippen molar-refractivity contribution in [3.63, 3.8) is 0 Å². The highest BCUT2D eigenvalue weighted by molar-refractivity contribution is 7.20. The fraction of sp³-hybridized carbons (Fsp3) is 0.290. The summed E-state index contributed by atoms with van der Waals surface area (Å²) in [7, 11) is 1.71. The molecule has 0 radical (unpaired) electrons. The number of fused-ring (bicyclic) bond motifs is 2. The van der Waals surface area contributed by atoms with Crippen LogP contribution in [0, 0.1) is 0 Å². The third-order valence-electron chi connectivity index (χ3n) is 7.50. The summed E-state index contributed by atoms with van der Waals surface area (Å²) in [4.78, 5) is 4.78. The number of nitrogens with zero attached hydrogens (tertiary/aromatic N) is 1. The van der Waals surface area contributed by atoms with Gasteiger partial charge in [0.15, 0.2) is 0 Å². The summed E-state index contributed by atoms with van der Waals surface area (Å²) in [5.41, 5.74) is 2.74. The molecule has 36 heavy (non-hydrogen) atoms. The van der Waals surface area contributed by atoms with Crippen molar-refractivity contribution in [2.24, 2.45) is 0 Å². The molecular formula is C31H31NO2S2. The third kappa shape index (κ3) is 4.69. The first-order chi connectivity index (χ1) is 17.7. The Morgan fingerprint density at radius 1 is 0.917 bits per heavy atom. The maximum Gasteiger partial charge on any atom is 0.123 e. The topological polar surface area (TPSA) is 32.7 Å². The second kappa shape index (κ2) is 10.3. The van der Waals surface area contributed by atoms with Crippen molar-refractivity contribution in [2.45, 2.75) is 31.3 Å². The molecular weight excluding hydrogens is 482 g/mol. The summed E-state index contributed by atoms with van der Waals surface area (Å²) in [6.07, 6.45) is 2.76. The fourth-order valence-electron chi connectivity index (χ4n) is 5.50. The van der Waals surface area contributed by atoms with Crippen LogP contribution in [0.15, 0.2) is 78.9 Å². The molecule has 0 amide bonds. The molecule has 1 aliphatic heterocycles. The summed E-state index contributed by atoms with van der Waals surface area (Å²) >= 11 is 3.49. The predicted octanol–water partition coefficient (Wildman–Crippen LogP) is 7.63. The smallest absolute Gasteiger partial charge is 0.123 e. The zero-order chi connectivity index (χ0) is 24.5. The van der Waals surface area contributed by atoms with Crippen LogP contribution in [0.1, 0.15) is 45.7 Å². The molecule has 1 fully saturated rings. The summed E-state index contributed by atoms with van der Waals surface area (Å²) in [6.45, 7) is 3.29. The van der Waals surface area contributed by atoms with Crippen molar-refractivity contribution in [2.75, 3.05) is 26.7 Å². The van der Waals surface area contributed by atoms with Gasteiger partial charge in [-0.2, -0.15) is 0 Å². The van der Waals surface area contributed by atoms with E-state index in [1.807, 2.05) is 12.1 Å². The normalized spacial score (nSPS) is 16.1. The van der Waals surface area contributed by atoms with Gasteiger partial charge in [0, 0.05) is 25.7 Å². The molecule has 0 spiro atoms. The average molecular weight is 514 g/mol. The van der Waals surface area contributed by atoms with E-state index in [1.54, 1.807) is 29.8 Å². The minimum absolute atomic E-state index is 0.484. The van der Waals surface area contributed by atoms with Gasteiger partial charge in [-0.1, -0.05) is 48.5 Å². The van der Waals surface area contributed by atoms with Gasteiger partial charge in [-0.3, -0.25) is 0 Å². The molecule has 1 saturated heterocycles. The van der Waals surface area contributed by atoms with Gasteiger partial charge in [0.05, 0.1) is 7.11 Å². The molecule has 1 N–H and O–H groups in total. The standard InChI is InChI=1S/C31H31NO2S2/c1-34-24-12-10-21(11-13-24)14-17-32-18-15-22(16-19-32)29-25-7-3-5-9-27(25)36-31(29)30(33)28-20-23-6-2-4-8-26(23)35-28/h2-13,20,22,30,33H,14-19H2,1H3. The molecule has 5 heteroatoms. The molecule has 5 aromatic rings. The Labute approximate surface area is 220 Å². The lowest BCUT2D eigenvalue weighted by atomic mass is 9.86. The van der Waals surface area contributed by atoms with Gasteiger partial charge < -0.3 is 14.7 Å². The number of aliphatic hydroxyl groups is 1. The van der Waals surface area contributed by atoms with Gasteiger partial charge in [-0.05, 0) is 90.5 Å². The zero-order valence-corrected chi connectivity index (χ0v) is 22.2. The van der Waals surface area contributed by atoms with Crippen LogP contribution in [-0.4, -0.2) is 36.8 Å². The van der Waals surface area contributed by atoms with E-state index in [1.165, 1.54) is 31.3 Å². The van der Waals surface area contributed by atoms with E-state index >= 15 is 0 Å². The molecule has 3 nitrogen and oxygen atoms in total. The quantitative estimate of drug-likeness (QED) is 0.243. The largest absolute Gasteiger partial charge is 0.497 e. The number of methoxy groups -OCH3 is 1. The van der Waals surface area contributed by atoms with E-state index < -0.39 is 6.10 Å². The molecule has 3 aromatic carbocycles. The second-order valence-corrected chi connectivity index (χ2v) is 11.9. The first-order valence-corrected chi connectivity index (χ1v) is 14.4. The highest BCUT2D eigenvalue weighted by Gasteiger charge is 2.29. The van der Waals surface area contributed by atoms with Gasteiger partial charge >= 0.3 is 0 Å². The molecule has 1 unspecified atom stereocenters. The molecule has 1 aliphatic rings. The SMILES string of the molecule is COc1ccc(CCN2CCC(c3c(C(O)c4cc5ccccc5s4)sc4ccccc34)CC2)cc1. The van der Waals surface area contributed by atoms with Crippen LogP contribution in [0.4, 0.5) is 0 Å². The lowest BCUT2D eigenvalue weighted by molar-refractivity contribution is 0.208. The third-order valence-corrected chi connectivity index (χ3v) is 9.90. The van der Waals surface area contributed by atoms with Gasteiger partial charge in [0.1, 0.15) is 11.9 Å². The lowest BCUT2D eigenvalue weighted by Gasteiger charge is -2.33. The van der Waals surface area contributed by atoms with Crippen molar-refractivity contribution in [1.82, 2.24) is 4.90 Å². The first-order valence-electron chi connectivity index (χ1n) is 12.7. The minimum atomic E-state index is -0.567. The van der Waals surface area contributed by atoms with E-state index in [0.29, 0.717) is 5.92 Å². The maximum atomic E-state index is 11.6. The predicted molar refractivity (Wildman–Crippen MR) is 153 cm³/mol. The Kier molecular flexibility index (Phi) is 6.81. The number of thiophene rings is 2. The van der Waals surface area contributed by atoms with Gasteiger partial charge in [0.25, 0.3) is 0 Å². The number of hydrogen-bond donors (Lipinski definition) is 1. The fourth-order valence-corrected chi connectivity index (χ4v) is 7.93. The molecule has 6 rings (SSSR count). The Hall–Kier alpha value is -2.70. The van der Waals surface area contributed by atoms with Crippen LogP contribution < -0.4 is 4.74 Å². The van der Waals surface area contributed by atoms with Crippen molar-refractivity contribution >= 4 is 42.8 Å². The van der Waals surface area contributed by atoms with E-state index in [0.717, 1.165) is 54.4 Å². The van der Waals surface area contributed by atoms with Crippen LogP contribution in [0.2, 0.25) is 0 Å². The Balaban J connectivity index is 1.21. The van der Waals surface area contributed by atoms with Crippen LogP contribution in [0.3, 0.4) is 0 Å². The number of likely N-dealkylation sites (tertiary alicyclic amines) is 1. The number of hydrogen-bond acceptors (Lipinski definition) is 5. The first kappa shape index (κ1) is 23.7. The summed E-state index contributed by atoms with van der Waals surface area (Å²) in [5.74, 6) is 1.40. The number of aliphatic hydroxyl groups excluding tert-OH is 1. The lowest BCUT2D eigenvalue weighted by Crippen LogP contribution is -2.34. The van der Waals surface area contributed by atoms with E-state index in [4.69, 9.17) is 4.74 Å². The zero-order valence-electron chi connectivity index (χ0n) is 20.5. The highest BCUT2D eigenvalue weighted by atomic mass is 32.1. The van der Waals surface area contributed by atoms with Crippen molar-refractivity contribution in [3.8, 4) is 5.75 Å². The van der Waals surface area contributed by atoms with Crippen LogP contribution in [-0.2, 0) is 6.42 Å². The highest BCUT2D eigenvalue weighted by Crippen LogP contribution is 2.46. The summed E-state index contributed by atoms with van der Waals surface area (Å²) in [6, 6.07) is 27.7. The Morgan fingerprint density at radius 2 is 1.64 bits per heavy atom. The van der Waals surface area contributed by atoms with Gasteiger partial charge in [0.2, 0.25) is 0 Å². The summed E-state index contributed by atoms with van der Waals surface area (Å²) in [5, 5.41) is 14.1. The number of piperidine rings is 1. The Bertz CT molecular complexity index is 1430. The van der Waals surface area contributed by atoms with Crippen molar-refractivity contribution in [1.29, 1.82) is 0 Å². The van der Waals surface area contributed by atoms with E-state index in [-0.39, 0.29) is 0 Å². The molecule has 1 atom stereocenters. The van der Waals surface area contributed by atoms with Gasteiger partial charge in [-0.15, -0.1) is 22.7 Å². The van der Waals surface area contributed by atoms with Crippen LogP contribution in [0.25, 0.3) is 20.2 Å². The van der Waals surface area contributed by atoms with Crippen LogP contribution >= 0.6 is 22.7 Å². The molecule has 0 saturated carbocycles. The molecule has 2 aromatic heterocycles. The maximum absolute atomic E-state index is 11.6. The second-order valence-electron chi connectivity index (χ2n) is 9.68.